The molecule has 0 saturated carbocycles. The summed E-state index contributed by atoms with van der Waals surface area (Å²) < 4.78 is 0. The van der Waals surface area contributed by atoms with Gasteiger partial charge in [0, 0.05) is 18.8 Å². The Balaban J connectivity index is 1.66. The number of Topliss-reactive ketones (excluding diaryl/α,β-unsaturated/α-hetero) is 2. The number of hydrogen-bond acceptors (Lipinski definition) is 8. The maximum Gasteiger partial charge on any atom is 0.328 e. The Morgan fingerprint density at radius 2 is 1.45 bits per heavy atom. The molecule has 4 rings (SSSR count). The molecule has 3 atom stereocenters. The lowest BCUT2D eigenvalue weighted by Crippen LogP contribution is -2.62. The summed E-state index contributed by atoms with van der Waals surface area (Å²) in [6, 6.07) is 16.3. The minimum Gasteiger partial charge on any atom is -0.480 e. The molecule has 8 N–H and O–H groups in total. The lowest BCUT2D eigenvalue weighted by molar-refractivity contribution is -0.155. The molecule has 2 aromatic carbocycles. The highest BCUT2D eigenvalue weighted by Gasteiger charge is 2.63. The molecule has 1 aliphatic heterocycles. The standard InChI is InChI=1S/C31H36N6O5/c1-19-22(12-13-25(34)36-19)18-35-30(42)37-15-14-31(26(37)29(40)41,27(38)23(32)16-20-8-4-2-5-9-20)28(39)24(33)17-21-10-6-3-7-11-21/h2-13,23-24,26H,14-18,32-33H2,1H3,(H2,34,36)(H,35,42)(H,40,41)/t23-,24-,26+/m1/s1. The number of ketones is 2. The van der Waals surface area contributed by atoms with Gasteiger partial charge in [0.15, 0.2) is 17.6 Å². The Hall–Kier alpha value is -4.61. The number of aromatic nitrogens is 1. The quantitative estimate of drug-likeness (QED) is 0.212. The van der Waals surface area contributed by atoms with Crippen molar-refractivity contribution in [1.29, 1.82) is 0 Å². The average Bonchev–Trinajstić information content (AvgIpc) is 3.39. The summed E-state index contributed by atoms with van der Waals surface area (Å²) in [4.78, 5) is 59.7. The summed E-state index contributed by atoms with van der Waals surface area (Å²) >= 11 is 0. The van der Waals surface area contributed by atoms with E-state index >= 15 is 0 Å². The SMILES string of the molecule is Cc1nc(N)ccc1CNC(=O)N1CCC(C(=O)[C@H](N)Cc2ccccc2)(C(=O)[C@H](N)Cc2ccccc2)[C@@H]1C(=O)O. The summed E-state index contributed by atoms with van der Waals surface area (Å²) in [5, 5.41) is 13.1. The maximum absolute atomic E-state index is 14.2. The minimum atomic E-state index is -2.13. The topological polar surface area (TPSA) is 195 Å². The molecule has 1 saturated heterocycles. The van der Waals surface area contributed by atoms with E-state index in [1.807, 2.05) is 12.1 Å². The predicted octanol–water partition coefficient (Wildman–Crippen LogP) is 1.61. The molecule has 0 unspecified atom stereocenters. The first-order valence-corrected chi connectivity index (χ1v) is 13.7. The van der Waals surface area contributed by atoms with E-state index in [0.29, 0.717) is 17.1 Å². The van der Waals surface area contributed by atoms with Crippen molar-refractivity contribution in [3.8, 4) is 0 Å². The largest absolute Gasteiger partial charge is 0.480 e. The molecule has 0 aliphatic carbocycles. The van der Waals surface area contributed by atoms with Crippen LogP contribution in [0.5, 0.6) is 0 Å². The molecule has 0 spiro atoms. The van der Waals surface area contributed by atoms with Gasteiger partial charge in [-0.2, -0.15) is 0 Å². The van der Waals surface area contributed by atoms with E-state index in [4.69, 9.17) is 17.2 Å². The molecule has 0 bridgehead atoms. The van der Waals surface area contributed by atoms with Gasteiger partial charge in [-0.1, -0.05) is 66.7 Å². The summed E-state index contributed by atoms with van der Waals surface area (Å²) in [5.74, 6) is -2.66. The van der Waals surface area contributed by atoms with Crippen molar-refractivity contribution < 1.29 is 24.3 Å². The van der Waals surface area contributed by atoms with Crippen molar-refractivity contribution >= 4 is 29.4 Å². The molecule has 42 heavy (non-hydrogen) atoms. The van der Waals surface area contributed by atoms with E-state index in [2.05, 4.69) is 10.3 Å². The summed E-state index contributed by atoms with van der Waals surface area (Å²) in [6.45, 7) is 1.62. The number of likely N-dealkylation sites (tertiary alicyclic amines) is 1. The van der Waals surface area contributed by atoms with E-state index in [1.165, 1.54) is 0 Å². The average molecular weight is 573 g/mol. The summed E-state index contributed by atoms with van der Waals surface area (Å²) in [7, 11) is 0. The van der Waals surface area contributed by atoms with Gasteiger partial charge in [0.2, 0.25) is 0 Å². The van der Waals surface area contributed by atoms with Crippen LogP contribution in [0.2, 0.25) is 0 Å². The fraction of sp³-hybridized carbons (Fsp3) is 0.323. The number of amides is 2. The van der Waals surface area contributed by atoms with Crippen LogP contribution >= 0.6 is 0 Å². The molecular weight excluding hydrogens is 536 g/mol. The molecule has 2 heterocycles. The minimum absolute atomic E-state index is 0.0384. The van der Waals surface area contributed by atoms with Crippen molar-refractivity contribution in [3.63, 3.8) is 0 Å². The van der Waals surface area contributed by atoms with Crippen LogP contribution in [0.3, 0.4) is 0 Å². The Bertz CT molecular complexity index is 1390. The summed E-state index contributed by atoms with van der Waals surface area (Å²) in [6.07, 6.45) is -0.0440. The number of nitrogens with two attached hydrogens (primary N) is 3. The van der Waals surface area contributed by atoms with Crippen LogP contribution < -0.4 is 22.5 Å². The van der Waals surface area contributed by atoms with E-state index in [0.717, 1.165) is 16.0 Å². The molecule has 0 radical (unpaired) electrons. The van der Waals surface area contributed by atoms with Gasteiger partial charge in [-0.3, -0.25) is 9.59 Å². The van der Waals surface area contributed by atoms with Gasteiger partial charge in [-0.15, -0.1) is 0 Å². The Labute approximate surface area is 244 Å². The second-order valence-electron chi connectivity index (χ2n) is 10.6. The van der Waals surface area contributed by atoms with E-state index in [-0.39, 0.29) is 32.4 Å². The van der Waals surface area contributed by atoms with Crippen LogP contribution in [0.1, 0.15) is 28.8 Å². The second kappa shape index (κ2) is 12.9. The monoisotopic (exact) mass is 572 g/mol. The highest BCUT2D eigenvalue weighted by atomic mass is 16.4. The maximum atomic E-state index is 14.2. The number of nitrogens with zero attached hydrogens (tertiary/aromatic N) is 2. The van der Waals surface area contributed by atoms with Crippen molar-refractivity contribution in [2.24, 2.45) is 16.9 Å². The number of carboxylic acids is 1. The number of carboxylic acid groups (broad SMARTS) is 1. The second-order valence-corrected chi connectivity index (χ2v) is 10.6. The molecule has 3 aromatic rings. The first kappa shape index (κ1) is 30.4. The van der Waals surface area contributed by atoms with Gasteiger partial charge < -0.3 is 32.5 Å². The lowest BCUT2D eigenvalue weighted by atomic mass is 9.67. The number of rotatable bonds is 11. The predicted molar refractivity (Wildman–Crippen MR) is 157 cm³/mol. The van der Waals surface area contributed by atoms with E-state index < -0.39 is 47.1 Å². The number of anilines is 1. The number of nitrogen functional groups attached to an aromatic ring is 1. The zero-order valence-electron chi connectivity index (χ0n) is 23.4. The van der Waals surface area contributed by atoms with Crippen molar-refractivity contribution in [2.45, 2.75) is 50.9 Å². The van der Waals surface area contributed by atoms with Crippen LogP contribution in [0.15, 0.2) is 72.8 Å². The number of hydrogen-bond donors (Lipinski definition) is 5. The highest BCUT2D eigenvalue weighted by Crippen LogP contribution is 2.41. The molecule has 2 amide bonds. The van der Waals surface area contributed by atoms with Crippen LogP contribution in [-0.2, 0) is 33.8 Å². The highest BCUT2D eigenvalue weighted by molar-refractivity contribution is 6.15. The number of pyridine rings is 1. The first-order valence-electron chi connectivity index (χ1n) is 13.7. The number of benzene rings is 2. The lowest BCUT2D eigenvalue weighted by Gasteiger charge is -2.36. The third-order valence-electron chi connectivity index (χ3n) is 7.82. The number of carbonyl (C=O) groups is 4. The van der Waals surface area contributed by atoms with E-state index in [1.54, 1.807) is 67.6 Å². The number of nitrogens with one attached hydrogen (secondary N) is 1. The molecule has 220 valence electrons. The Morgan fingerprint density at radius 3 is 1.93 bits per heavy atom. The molecule has 11 nitrogen and oxygen atoms in total. The number of aryl methyl sites for hydroxylation is 1. The van der Waals surface area contributed by atoms with Crippen molar-refractivity contribution in [3.05, 3.63) is 95.2 Å². The Morgan fingerprint density at radius 1 is 0.929 bits per heavy atom. The Kier molecular flexibility index (Phi) is 9.34. The van der Waals surface area contributed by atoms with Crippen molar-refractivity contribution in [1.82, 2.24) is 15.2 Å². The van der Waals surface area contributed by atoms with Crippen LogP contribution in [0.25, 0.3) is 0 Å². The first-order chi connectivity index (χ1) is 20.0. The van der Waals surface area contributed by atoms with Gasteiger partial charge in [0.25, 0.3) is 0 Å². The fourth-order valence-electron chi connectivity index (χ4n) is 5.68. The number of aliphatic carboxylic acids is 1. The summed E-state index contributed by atoms with van der Waals surface area (Å²) in [5.41, 5.74) is 19.1. The van der Waals surface area contributed by atoms with Gasteiger partial charge in [-0.25, -0.2) is 14.6 Å². The van der Waals surface area contributed by atoms with Gasteiger partial charge >= 0.3 is 12.0 Å². The molecule has 1 fully saturated rings. The zero-order chi connectivity index (χ0) is 30.4. The third kappa shape index (κ3) is 6.32. The fourth-order valence-corrected chi connectivity index (χ4v) is 5.68. The molecule has 11 heteroatoms. The zero-order valence-corrected chi connectivity index (χ0v) is 23.4. The molecule has 1 aromatic heterocycles. The van der Waals surface area contributed by atoms with Gasteiger partial charge in [-0.05, 0) is 48.9 Å². The normalized spacial score (nSPS) is 17.3. The third-order valence-corrected chi connectivity index (χ3v) is 7.82. The van der Waals surface area contributed by atoms with Gasteiger partial charge in [0.1, 0.15) is 11.2 Å². The van der Waals surface area contributed by atoms with Crippen molar-refractivity contribution in [2.75, 3.05) is 12.3 Å². The van der Waals surface area contributed by atoms with Crippen LogP contribution in [-0.4, -0.2) is 63.2 Å². The number of urea groups is 1. The number of carbonyl (C=O) groups excluding carboxylic acids is 3. The van der Waals surface area contributed by atoms with E-state index in [9.17, 15) is 24.3 Å². The van der Waals surface area contributed by atoms with Crippen LogP contribution in [0.4, 0.5) is 10.6 Å². The smallest absolute Gasteiger partial charge is 0.328 e. The molecular formula is C31H36N6O5. The molecule has 1 aliphatic rings. The van der Waals surface area contributed by atoms with Gasteiger partial charge in [0.05, 0.1) is 12.1 Å². The van der Waals surface area contributed by atoms with Crippen LogP contribution in [0, 0.1) is 12.3 Å².